The number of aryl methyl sites for hydroxylation is 1. The number of methoxy groups -OCH3 is 1. The van der Waals surface area contributed by atoms with Crippen LogP contribution in [0.3, 0.4) is 0 Å². The van der Waals surface area contributed by atoms with Crippen LogP contribution < -0.4 is 10.1 Å². The molecule has 0 aromatic heterocycles. The van der Waals surface area contributed by atoms with Gasteiger partial charge in [-0.05, 0) is 48.1 Å². The molecule has 1 atom stereocenters. The Hall–Kier alpha value is -2.82. The molecule has 0 aliphatic carbocycles. The van der Waals surface area contributed by atoms with Crippen molar-refractivity contribution in [3.8, 4) is 5.75 Å². The molecule has 156 valence electrons. The van der Waals surface area contributed by atoms with E-state index in [1.165, 1.54) is 5.56 Å². The van der Waals surface area contributed by atoms with Gasteiger partial charge in [0, 0.05) is 20.0 Å². The third kappa shape index (κ3) is 6.34. The van der Waals surface area contributed by atoms with Crippen LogP contribution in [-0.4, -0.2) is 36.9 Å². The highest BCUT2D eigenvalue weighted by atomic mass is 16.5. The van der Waals surface area contributed by atoms with Crippen molar-refractivity contribution in [3.05, 3.63) is 65.2 Å². The van der Waals surface area contributed by atoms with Crippen LogP contribution >= 0.6 is 0 Å². The highest BCUT2D eigenvalue weighted by Crippen LogP contribution is 2.18. The maximum absolute atomic E-state index is 13.0. The molecule has 0 spiro atoms. The molecule has 5 heteroatoms. The van der Waals surface area contributed by atoms with Crippen LogP contribution in [0.4, 0.5) is 0 Å². The van der Waals surface area contributed by atoms with E-state index in [4.69, 9.17) is 4.74 Å². The lowest BCUT2D eigenvalue weighted by atomic mass is 10.00. The van der Waals surface area contributed by atoms with Gasteiger partial charge in [0.1, 0.15) is 11.8 Å². The van der Waals surface area contributed by atoms with Gasteiger partial charge in [-0.1, -0.05) is 50.2 Å². The topological polar surface area (TPSA) is 58.6 Å². The first-order valence-corrected chi connectivity index (χ1v) is 10.1. The molecule has 0 aliphatic rings. The van der Waals surface area contributed by atoms with Crippen molar-refractivity contribution in [2.45, 2.75) is 52.1 Å². The first-order chi connectivity index (χ1) is 13.8. The zero-order chi connectivity index (χ0) is 21.4. The van der Waals surface area contributed by atoms with Crippen LogP contribution in [0.5, 0.6) is 5.75 Å². The number of benzene rings is 2. The molecule has 2 aromatic carbocycles. The first kappa shape index (κ1) is 22.5. The summed E-state index contributed by atoms with van der Waals surface area (Å²) in [4.78, 5) is 26.9. The highest BCUT2D eigenvalue weighted by Gasteiger charge is 2.25. The number of nitrogens with one attached hydrogen (secondary N) is 1. The van der Waals surface area contributed by atoms with Gasteiger partial charge in [0.15, 0.2) is 0 Å². The van der Waals surface area contributed by atoms with Crippen LogP contribution in [0.15, 0.2) is 48.5 Å². The molecule has 0 aliphatic heterocycles. The van der Waals surface area contributed by atoms with Gasteiger partial charge < -0.3 is 15.0 Å². The Kier molecular flexibility index (Phi) is 8.25. The van der Waals surface area contributed by atoms with Crippen molar-refractivity contribution in [1.29, 1.82) is 0 Å². The number of carbonyl (C=O) groups is 2. The van der Waals surface area contributed by atoms with E-state index in [1.807, 2.05) is 24.3 Å². The monoisotopic (exact) mass is 396 g/mol. The van der Waals surface area contributed by atoms with Gasteiger partial charge in [-0.2, -0.15) is 0 Å². The summed E-state index contributed by atoms with van der Waals surface area (Å²) in [5.41, 5.74) is 3.33. The van der Waals surface area contributed by atoms with Crippen molar-refractivity contribution < 1.29 is 14.3 Å². The second-order valence-corrected chi connectivity index (χ2v) is 7.56. The Bertz CT molecular complexity index is 815. The standard InChI is InChI=1S/C24H32N2O3/c1-17(2)21-12-9-19(10-13-21)11-14-23(27)26(18(3)24(28)25-4)16-20-7-6-8-22(15-20)29-5/h6-10,12-13,15,17-18H,11,14,16H2,1-5H3,(H,25,28). The van der Waals surface area contributed by atoms with Gasteiger partial charge in [-0.15, -0.1) is 0 Å². The van der Waals surface area contributed by atoms with Crippen LogP contribution in [0, 0.1) is 0 Å². The Morgan fingerprint density at radius 1 is 1.03 bits per heavy atom. The van der Waals surface area contributed by atoms with E-state index in [2.05, 4.69) is 43.4 Å². The van der Waals surface area contributed by atoms with Crippen LogP contribution in [0.25, 0.3) is 0 Å². The maximum atomic E-state index is 13.0. The second-order valence-electron chi connectivity index (χ2n) is 7.56. The molecule has 2 aromatic rings. The molecule has 0 bridgehead atoms. The first-order valence-electron chi connectivity index (χ1n) is 10.1. The lowest BCUT2D eigenvalue weighted by Gasteiger charge is -2.28. The minimum absolute atomic E-state index is 0.0446. The molecule has 0 fully saturated rings. The van der Waals surface area contributed by atoms with E-state index >= 15 is 0 Å². The summed E-state index contributed by atoms with van der Waals surface area (Å²) in [6.07, 6.45) is 0.999. The Morgan fingerprint density at radius 2 is 1.72 bits per heavy atom. The lowest BCUT2D eigenvalue weighted by molar-refractivity contribution is -0.140. The zero-order valence-electron chi connectivity index (χ0n) is 18.1. The van der Waals surface area contributed by atoms with Crippen molar-refractivity contribution in [3.63, 3.8) is 0 Å². The van der Waals surface area contributed by atoms with Gasteiger partial charge in [0.05, 0.1) is 7.11 Å². The van der Waals surface area contributed by atoms with E-state index in [-0.39, 0.29) is 11.8 Å². The molecule has 5 nitrogen and oxygen atoms in total. The van der Waals surface area contributed by atoms with Crippen molar-refractivity contribution in [1.82, 2.24) is 10.2 Å². The Labute approximate surface area is 174 Å². The SMILES string of the molecule is CNC(=O)C(C)N(Cc1cccc(OC)c1)C(=O)CCc1ccc(C(C)C)cc1. The van der Waals surface area contributed by atoms with Crippen LogP contribution in [-0.2, 0) is 22.6 Å². The quantitative estimate of drug-likeness (QED) is 0.699. The van der Waals surface area contributed by atoms with E-state index in [1.54, 1.807) is 26.0 Å². The molecule has 29 heavy (non-hydrogen) atoms. The van der Waals surface area contributed by atoms with Crippen molar-refractivity contribution in [2.75, 3.05) is 14.2 Å². The fraction of sp³-hybridized carbons (Fsp3) is 0.417. The molecular formula is C24H32N2O3. The summed E-state index contributed by atoms with van der Waals surface area (Å²) >= 11 is 0. The minimum Gasteiger partial charge on any atom is -0.497 e. The average Bonchev–Trinajstić information content (AvgIpc) is 2.75. The molecule has 1 unspecified atom stereocenters. The predicted octanol–water partition coefficient (Wildman–Crippen LogP) is 3.91. The summed E-state index contributed by atoms with van der Waals surface area (Å²) in [5, 5.41) is 2.64. The Morgan fingerprint density at radius 3 is 2.31 bits per heavy atom. The third-order valence-electron chi connectivity index (χ3n) is 5.17. The lowest BCUT2D eigenvalue weighted by Crippen LogP contribution is -2.46. The molecule has 1 N–H and O–H groups in total. The van der Waals surface area contributed by atoms with Crippen molar-refractivity contribution >= 4 is 11.8 Å². The van der Waals surface area contributed by atoms with E-state index in [0.29, 0.717) is 25.3 Å². The van der Waals surface area contributed by atoms with Gasteiger partial charge >= 0.3 is 0 Å². The molecule has 0 saturated heterocycles. The van der Waals surface area contributed by atoms with Crippen LogP contribution in [0.1, 0.15) is 49.8 Å². The van der Waals surface area contributed by atoms with Crippen LogP contribution in [0.2, 0.25) is 0 Å². The molecule has 2 amide bonds. The van der Waals surface area contributed by atoms with Gasteiger partial charge in [-0.3, -0.25) is 9.59 Å². The summed E-state index contributed by atoms with van der Waals surface area (Å²) in [6.45, 7) is 6.44. The zero-order valence-corrected chi connectivity index (χ0v) is 18.1. The summed E-state index contributed by atoms with van der Waals surface area (Å²) < 4.78 is 5.27. The third-order valence-corrected chi connectivity index (χ3v) is 5.17. The normalized spacial score (nSPS) is 11.8. The smallest absolute Gasteiger partial charge is 0.242 e. The summed E-state index contributed by atoms with van der Waals surface area (Å²) in [7, 11) is 3.20. The number of hydrogen-bond acceptors (Lipinski definition) is 3. The number of carbonyl (C=O) groups excluding carboxylic acids is 2. The average molecular weight is 397 g/mol. The minimum atomic E-state index is -0.554. The molecule has 0 heterocycles. The number of likely N-dealkylation sites (N-methyl/N-ethyl adjacent to an activating group) is 1. The predicted molar refractivity (Wildman–Crippen MR) is 116 cm³/mol. The van der Waals surface area contributed by atoms with E-state index in [0.717, 1.165) is 16.9 Å². The van der Waals surface area contributed by atoms with E-state index < -0.39 is 6.04 Å². The Balaban J connectivity index is 2.12. The highest BCUT2D eigenvalue weighted by molar-refractivity contribution is 5.87. The molecular weight excluding hydrogens is 364 g/mol. The van der Waals surface area contributed by atoms with Gasteiger partial charge in [0.25, 0.3) is 0 Å². The van der Waals surface area contributed by atoms with Gasteiger partial charge in [-0.25, -0.2) is 0 Å². The summed E-state index contributed by atoms with van der Waals surface area (Å²) in [5.74, 6) is 0.990. The van der Waals surface area contributed by atoms with Crippen molar-refractivity contribution in [2.24, 2.45) is 0 Å². The number of nitrogens with zero attached hydrogens (tertiary/aromatic N) is 1. The van der Waals surface area contributed by atoms with Gasteiger partial charge in [0.2, 0.25) is 11.8 Å². The molecule has 0 radical (unpaired) electrons. The number of ether oxygens (including phenoxy) is 1. The number of hydrogen-bond donors (Lipinski definition) is 1. The molecule has 2 rings (SSSR count). The van der Waals surface area contributed by atoms with E-state index in [9.17, 15) is 9.59 Å². The summed E-state index contributed by atoms with van der Waals surface area (Å²) in [6, 6.07) is 15.4. The maximum Gasteiger partial charge on any atom is 0.242 e. The largest absolute Gasteiger partial charge is 0.497 e. The fourth-order valence-corrected chi connectivity index (χ4v) is 3.22. The molecule has 0 saturated carbocycles. The number of amides is 2. The fourth-order valence-electron chi connectivity index (χ4n) is 3.22. The second kappa shape index (κ2) is 10.6. The number of rotatable bonds is 9.